The molecule has 2 aromatic rings. The third-order valence-electron chi connectivity index (χ3n) is 4.26. The summed E-state index contributed by atoms with van der Waals surface area (Å²) in [6.45, 7) is 0. The van der Waals surface area contributed by atoms with Gasteiger partial charge in [-0.1, -0.05) is 0 Å². The molecule has 126 valence electrons. The summed E-state index contributed by atoms with van der Waals surface area (Å²) in [5.41, 5.74) is 0. The molecule has 3 rings (SSSR count). The van der Waals surface area contributed by atoms with Gasteiger partial charge in [0.05, 0.1) is 12.2 Å². The molecule has 0 unspecified atom stereocenters. The van der Waals surface area contributed by atoms with Gasteiger partial charge in [-0.3, -0.25) is 9.78 Å². The van der Waals surface area contributed by atoms with Crippen LogP contribution in [0.3, 0.4) is 0 Å². The largest absolute Gasteiger partial charge is 0.486 e. The molecule has 1 fully saturated rings. The van der Waals surface area contributed by atoms with Gasteiger partial charge in [-0.05, 0) is 37.5 Å². The molecule has 7 heteroatoms. The van der Waals surface area contributed by atoms with Gasteiger partial charge in [-0.15, -0.1) is 0 Å². The van der Waals surface area contributed by atoms with Crippen LogP contribution >= 0.6 is 0 Å². The van der Waals surface area contributed by atoms with Crippen LogP contribution < -0.4 is 4.74 Å². The lowest BCUT2D eigenvalue weighted by atomic mass is 9.89. The predicted molar refractivity (Wildman–Crippen MR) is 86.4 cm³/mol. The standard InChI is InChI=1S/C17H20N4O3/c1-21(17(23)16-19-9-4-10-20-16)13-6-2-7-14(15(13)22)24-12-5-3-8-18-11-12/h3-5,8-11,13-15,22H,2,6-7H2,1H3/t13-,14-,15-/m1/s1. The number of amides is 1. The average molecular weight is 328 g/mol. The first kappa shape index (κ1) is 16.3. The van der Waals surface area contributed by atoms with E-state index in [0.717, 1.165) is 12.8 Å². The quantitative estimate of drug-likeness (QED) is 0.910. The minimum Gasteiger partial charge on any atom is -0.486 e. The van der Waals surface area contributed by atoms with Crippen molar-refractivity contribution >= 4 is 5.91 Å². The Hall–Kier alpha value is -2.54. The van der Waals surface area contributed by atoms with E-state index in [1.54, 1.807) is 37.6 Å². The van der Waals surface area contributed by atoms with E-state index in [9.17, 15) is 9.90 Å². The molecular formula is C17H20N4O3. The SMILES string of the molecule is CN(C(=O)c1ncccn1)[C@@H]1CCC[C@@H](Oc2cccnc2)[C@@H]1O. The molecule has 0 aliphatic heterocycles. The van der Waals surface area contributed by atoms with Crippen molar-refractivity contribution in [2.75, 3.05) is 7.05 Å². The molecule has 3 atom stereocenters. The molecule has 1 amide bonds. The normalized spacial score (nSPS) is 23.5. The first-order valence-electron chi connectivity index (χ1n) is 7.96. The average Bonchev–Trinajstić information content (AvgIpc) is 2.64. The lowest BCUT2D eigenvalue weighted by Crippen LogP contribution is -2.53. The predicted octanol–water partition coefficient (Wildman–Crippen LogP) is 1.30. The molecule has 7 nitrogen and oxygen atoms in total. The summed E-state index contributed by atoms with van der Waals surface area (Å²) in [7, 11) is 1.67. The summed E-state index contributed by atoms with van der Waals surface area (Å²) < 4.78 is 5.85. The number of hydrogen-bond donors (Lipinski definition) is 1. The van der Waals surface area contributed by atoms with Crippen LogP contribution in [0.1, 0.15) is 29.9 Å². The van der Waals surface area contributed by atoms with Crippen LogP contribution in [0.2, 0.25) is 0 Å². The van der Waals surface area contributed by atoms with Crippen LogP contribution in [0.15, 0.2) is 43.0 Å². The Bertz CT molecular complexity index is 668. The number of hydrogen-bond acceptors (Lipinski definition) is 6. The van der Waals surface area contributed by atoms with Gasteiger partial charge >= 0.3 is 0 Å². The molecule has 1 saturated carbocycles. The fourth-order valence-corrected chi connectivity index (χ4v) is 2.98. The number of aliphatic hydroxyl groups is 1. The van der Waals surface area contributed by atoms with Gasteiger partial charge in [0.2, 0.25) is 5.82 Å². The van der Waals surface area contributed by atoms with E-state index in [4.69, 9.17) is 4.74 Å². The second-order valence-electron chi connectivity index (χ2n) is 5.82. The molecule has 2 aromatic heterocycles. The van der Waals surface area contributed by atoms with Gasteiger partial charge < -0.3 is 14.7 Å². The monoisotopic (exact) mass is 328 g/mol. The van der Waals surface area contributed by atoms with E-state index in [1.807, 2.05) is 0 Å². The second-order valence-corrected chi connectivity index (χ2v) is 5.82. The Labute approximate surface area is 140 Å². The van der Waals surface area contributed by atoms with Crippen molar-refractivity contribution in [2.45, 2.75) is 37.5 Å². The number of carbonyl (C=O) groups excluding carboxylic acids is 1. The fourth-order valence-electron chi connectivity index (χ4n) is 2.98. The zero-order valence-electron chi connectivity index (χ0n) is 13.4. The van der Waals surface area contributed by atoms with Crippen molar-refractivity contribution in [1.82, 2.24) is 19.9 Å². The number of pyridine rings is 1. The maximum atomic E-state index is 12.5. The fraction of sp³-hybridized carbons (Fsp3) is 0.412. The first-order valence-corrected chi connectivity index (χ1v) is 7.96. The molecule has 1 aliphatic carbocycles. The molecule has 2 heterocycles. The second kappa shape index (κ2) is 7.35. The Morgan fingerprint density at radius 2 is 2.04 bits per heavy atom. The van der Waals surface area contributed by atoms with Crippen LogP contribution in [-0.4, -0.2) is 56.2 Å². The molecular weight excluding hydrogens is 308 g/mol. The van der Waals surface area contributed by atoms with Crippen LogP contribution in [0, 0.1) is 0 Å². The van der Waals surface area contributed by atoms with Crippen LogP contribution in [0.25, 0.3) is 0 Å². The molecule has 0 radical (unpaired) electrons. The molecule has 0 aromatic carbocycles. The number of rotatable bonds is 4. The molecule has 0 spiro atoms. The Balaban J connectivity index is 1.70. The Morgan fingerprint density at radius 3 is 2.75 bits per heavy atom. The zero-order valence-corrected chi connectivity index (χ0v) is 13.4. The number of nitrogens with zero attached hydrogens (tertiary/aromatic N) is 4. The summed E-state index contributed by atoms with van der Waals surface area (Å²) in [6, 6.07) is 4.90. The van der Waals surface area contributed by atoms with E-state index in [0.29, 0.717) is 12.2 Å². The highest BCUT2D eigenvalue weighted by Crippen LogP contribution is 2.27. The summed E-state index contributed by atoms with van der Waals surface area (Å²) in [4.78, 5) is 26.0. The number of likely N-dealkylation sites (N-methyl/N-ethyl adjacent to an activating group) is 1. The summed E-state index contributed by atoms with van der Waals surface area (Å²) in [6.07, 6.45) is 7.48. The molecule has 0 saturated heterocycles. The van der Waals surface area contributed by atoms with E-state index in [1.165, 1.54) is 17.3 Å². The Morgan fingerprint density at radius 1 is 1.25 bits per heavy atom. The van der Waals surface area contributed by atoms with E-state index in [2.05, 4.69) is 15.0 Å². The van der Waals surface area contributed by atoms with Crippen molar-refractivity contribution < 1.29 is 14.6 Å². The topological polar surface area (TPSA) is 88.4 Å². The van der Waals surface area contributed by atoms with Crippen molar-refractivity contribution in [2.24, 2.45) is 0 Å². The van der Waals surface area contributed by atoms with Crippen molar-refractivity contribution in [3.8, 4) is 5.75 Å². The minimum absolute atomic E-state index is 0.127. The highest BCUT2D eigenvalue weighted by molar-refractivity contribution is 5.90. The third-order valence-corrected chi connectivity index (χ3v) is 4.26. The third kappa shape index (κ3) is 3.51. The van der Waals surface area contributed by atoms with Crippen LogP contribution in [0.4, 0.5) is 0 Å². The highest BCUT2D eigenvalue weighted by Gasteiger charge is 2.38. The van der Waals surface area contributed by atoms with Crippen molar-refractivity contribution in [3.05, 3.63) is 48.8 Å². The number of ether oxygens (including phenoxy) is 1. The van der Waals surface area contributed by atoms with Gasteiger partial charge in [0.1, 0.15) is 18.0 Å². The number of aliphatic hydroxyl groups excluding tert-OH is 1. The first-order chi connectivity index (χ1) is 11.7. The lowest BCUT2D eigenvalue weighted by molar-refractivity contribution is -0.0416. The zero-order chi connectivity index (χ0) is 16.9. The van der Waals surface area contributed by atoms with Crippen molar-refractivity contribution in [1.29, 1.82) is 0 Å². The van der Waals surface area contributed by atoms with E-state index in [-0.39, 0.29) is 23.9 Å². The van der Waals surface area contributed by atoms with Gasteiger partial charge in [0, 0.05) is 25.6 Å². The van der Waals surface area contributed by atoms with E-state index >= 15 is 0 Å². The molecule has 0 bridgehead atoms. The maximum absolute atomic E-state index is 12.5. The summed E-state index contributed by atoms with van der Waals surface area (Å²) in [5.74, 6) is 0.437. The molecule has 1 aliphatic rings. The van der Waals surface area contributed by atoms with Gasteiger partial charge in [0.15, 0.2) is 0 Å². The summed E-state index contributed by atoms with van der Waals surface area (Å²) in [5, 5.41) is 10.7. The number of aromatic nitrogens is 3. The highest BCUT2D eigenvalue weighted by atomic mass is 16.5. The van der Waals surface area contributed by atoms with E-state index < -0.39 is 6.10 Å². The number of carbonyl (C=O) groups is 1. The summed E-state index contributed by atoms with van der Waals surface area (Å²) >= 11 is 0. The van der Waals surface area contributed by atoms with Crippen molar-refractivity contribution in [3.63, 3.8) is 0 Å². The minimum atomic E-state index is -0.781. The van der Waals surface area contributed by atoms with Gasteiger partial charge in [-0.25, -0.2) is 9.97 Å². The maximum Gasteiger partial charge on any atom is 0.291 e. The van der Waals surface area contributed by atoms with Crippen LogP contribution in [0.5, 0.6) is 5.75 Å². The van der Waals surface area contributed by atoms with Gasteiger partial charge in [0.25, 0.3) is 5.91 Å². The smallest absolute Gasteiger partial charge is 0.291 e. The molecule has 1 N–H and O–H groups in total. The molecule has 24 heavy (non-hydrogen) atoms. The lowest BCUT2D eigenvalue weighted by Gasteiger charge is -2.39. The van der Waals surface area contributed by atoms with Crippen LogP contribution in [-0.2, 0) is 0 Å². The Kier molecular flexibility index (Phi) is 5.00. The van der Waals surface area contributed by atoms with Gasteiger partial charge in [-0.2, -0.15) is 0 Å².